The summed E-state index contributed by atoms with van der Waals surface area (Å²) in [5.74, 6) is 0.219. The summed E-state index contributed by atoms with van der Waals surface area (Å²) in [7, 11) is 0. The van der Waals surface area contributed by atoms with Crippen molar-refractivity contribution in [3.05, 3.63) is 36.4 Å². The van der Waals surface area contributed by atoms with E-state index in [1.165, 1.54) is 12.3 Å². The van der Waals surface area contributed by atoms with E-state index in [9.17, 15) is 8.78 Å². The molecule has 2 aromatic rings. The molecule has 4 nitrogen and oxygen atoms in total. The van der Waals surface area contributed by atoms with Gasteiger partial charge in [0.1, 0.15) is 11.4 Å². The van der Waals surface area contributed by atoms with Crippen LogP contribution in [0.15, 0.2) is 30.7 Å². The van der Waals surface area contributed by atoms with Crippen LogP contribution in [0, 0.1) is 0 Å². The molecule has 2 rings (SSSR count). The van der Waals surface area contributed by atoms with Gasteiger partial charge in [-0.3, -0.25) is 15.0 Å². The van der Waals surface area contributed by atoms with Crippen LogP contribution in [0.2, 0.25) is 0 Å². The summed E-state index contributed by atoms with van der Waals surface area (Å²) in [4.78, 5) is 12.6. The number of hydrogen-bond acceptors (Lipinski definition) is 4. The Morgan fingerprint density at radius 3 is 2.37 bits per heavy atom. The quantitative estimate of drug-likeness (QED) is 0.851. The molecule has 0 radical (unpaired) electrons. The van der Waals surface area contributed by atoms with E-state index in [1.807, 2.05) is 13.8 Å². The van der Waals surface area contributed by atoms with Gasteiger partial charge in [-0.05, 0) is 18.1 Å². The lowest BCUT2D eigenvalue weighted by Gasteiger charge is -2.10. The van der Waals surface area contributed by atoms with Crippen molar-refractivity contribution < 1.29 is 13.5 Å². The minimum atomic E-state index is -2.85. The van der Waals surface area contributed by atoms with E-state index in [1.54, 1.807) is 18.5 Å². The molecule has 0 saturated carbocycles. The van der Waals surface area contributed by atoms with Gasteiger partial charge < -0.3 is 4.74 Å². The van der Waals surface area contributed by atoms with Crippen LogP contribution < -0.4 is 4.74 Å². The van der Waals surface area contributed by atoms with E-state index < -0.39 is 6.61 Å². The van der Waals surface area contributed by atoms with Crippen LogP contribution in [0.1, 0.15) is 25.5 Å². The Morgan fingerprint density at radius 2 is 1.79 bits per heavy atom. The monoisotopic (exact) mass is 265 g/mol. The van der Waals surface area contributed by atoms with Gasteiger partial charge in [-0.15, -0.1) is 0 Å². The van der Waals surface area contributed by atoms with Gasteiger partial charge >= 0.3 is 6.61 Å². The zero-order valence-electron chi connectivity index (χ0n) is 10.5. The molecule has 0 spiro atoms. The molecule has 100 valence electrons. The van der Waals surface area contributed by atoms with E-state index in [0.29, 0.717) is 11.4 Å². The van der Waals surface area contributed by atoms with E-state index in [0.717, 1.165) is 5.69 Å². The number of alkyl halides is 2. The van der Waals surface area contributed by atoms with Crippen molar-refractivity contribution in [1.82, 2.24) is 15.0 Å². The van der Waals surface area contributed by atoms with Gasteiger partial charge in [-0.25, -0.2) is 0 Å². The third kappa shape index (κ3) is 3.21. The molecule has 0 aromatic carbocycles. The third-order valence-corrected chi connectivity index (χ3v) is 2.48. The third-order valence-electron chi connectivity index (χ3n) is 2.48. The molecular weight excluding hydrogens is 252 g/mol. The molecule has 2 aromatic heterocycles. The number of aromatic nitrogens is 3. The zero-order valence-corrected chi connectivity index (χ0v) is 10.5. The highest BCUT2D eigenvalue weighted by atomic mass is 19.3. The average molecular weight is 265 g/mol. The first-order chi connectivity index (χ1) is 9.08. The van der Waals surface area contributed by atoms with Gasteiger partial charge in [0.25, 0.3) is 0 Å². The molecule has 0 unspecified atom stereocenters. The SMILES string of the molecule is CC(C)c1nccnc1-c1ccc(OC(F)F)cn1. The highest BCUT2D eigenvalue weighted by Crippen LogP contribution is 2.25. The predicted molar refractivity (Wildman–Crippen MR) is 66.0 cm³/mol. The van der Waals surface area contributed by atoms with Crippen molar-refractivity contribution in [3.8, 4) is 17.1 Å². The molecule has 2 heterocycles. The summed E-state index contributed by atoms with van der Waals surface area (Å²) >= 11 is 0. The molecule has 0 amide bonds. The van der Waals surface area contributed by atoms with E-state index in [2.05, 4.69) is 19.7 Å². The number of pyridine rings is 1. The second kappa shape index (κ2) is 5.69. The maximum Gasteiger partial charge on any atom is 0.387 e. The first-order valence-electron chi connectivity index (χ1n) is 5.80. The van der Waals surface area contributed by atoms with E-state index >= 15 is 0 Å². The Labute approximate surface area is 109 Å². The zero-order chi connectivity index (χ0) is 13.8. The lowest BCUT2D eigenvalue weighted by molar-refractivity contribution is -0.0500. The molecule has 0 fully saturated rings. The molecule has 0 saturated heterocycles. The molecule has 0 aliphatic carbocycles. The van der Waals surface area contributed by atoms with Gasteiger partial charge in [0.2, 0.25) is 0 Å². The van der Waals surface area contributed by atoms with Crippen LogP contribution in [-0.4, -0.2) is 21.6 Å². The van der Waals surface area contributed by atoms with E-state index in [-0.39, 0.29) is 11.7 Å². The average Bonchev–Trinajstić information content (AvgIpc) is 2.39. The van der Waals surface area contributed by atoms with Crippen molar-refractivity contribution in [3.63, 3.8) is 0 Å². The molecular formula is C13H13F2N3O. The number of rotatable bonds is 4. The molecule has 0 aliphatic heterocycles. The van der Waals surface area contributed by atoms with Crippen molar-refractivity contribution in [1.29, 1.82) is 0 Å². The maximum atomic E-state index is 12.0. The topological polar surface area (TPSA) is 47.9 Å². The van der Waals surface area contributed by atoms with Crippen LogP contribution in [0.4, 0.5) is 8.78 Å². The first-order valence-corrected chi connectivity index (χ1v) is 5.80. The number of nitrogens with zero attached hydrogens (tertiary/aromatic N) is 3. The van der Waals surface area contributed by atoms with Crippen LogP contribution in [0.5, 0.6) is 5.75 Å². The second-order valence-electron chi connectivity index (χ2n) is 4.20. The van der Waals surface area contributed by atoms with Gasteiger partial charge in [0.15, 0.2) is 0 Å². The molecule has 0 bridgehead atoms. The fourth-order valence-corrected chi connectivity index (χ4v) is 1.66. The summed E-state index contributed by atoms with van der Waals surface area (Å²) in [6.07, 6.45) is 4.44. The Morgan fingerprint density at radius 1 is 1.05 bits per heavy atom. The Bertz CT molecular complexity index is 544. The second-order valence-corrected chi connectivity index (χ2v) is 4.20. The summed E-state index contributed by atoms with van der Waals surface area (Å²) in [5, 5.41) is 0. The molecule has 0 aliphatic rings. The molecule has 6 heteroatoms. The Kier molecular flexibility index (Phi) is 3.99. The fraction of sp³-hybridized carbons (Fsp3) is 0.308. The fourth-order valence-electron chi connectivity index (χ4n) is 1.66. The lowest BCUT2D eigenvalue weighted by atomic mass is 10.1. The van der Waals surface area contributed by atoms with E-state index in [4.69, 9.17) is 0 Å². The molecule has 0 N–H and O–H groups in total. The van der Waals surface area contributed by atoms with Crippen LogP contribution >= 0.6 is 0 Å². The molecule has 19 heavy (non-hydrogen) atoms. The summed E-state index contributed by atoms with van der Waals surface area (Å²) in [6, 6.07) is 3.03. The van der Waals surface area contributed by atoms with Crippen molar-refractivity contribution in [2.75, 3.05) is 0 Å². The summed E-state index contributed by atoms with van der Waals surface area (Å²) < 4.78 is 28.3. The van der Waals surface area contributed by atoms with Gasteiger partial charge in [-0.2, -0.15) is 8.78 Å². The standard InChI is InChI=1S/C13H13F2N3O/c1-8(2)11-12(17-6-5-16-11)10-4-3-9(7-18-10)19-13(14)15/h3-8,13H,1-2H3. The Hall–Kier alpha value is -2.11. The number of ether oxygens (including phenoxy) is 1. The minimum Gasteiger partial charge on any atom is -0.433 e. The van der Waals surface area contributed by atoms with Crippen LogP contribution in [0.3, 0.4) is 0 Å². The summed E-state index contributed by atoms with van der Waals surface area (Å²) in [6.45, 7) is 1.15. The highest BCUT2D eigenvalue weighted by molar-refractivity contribution is 5.57. The van der Waals surface area contributed by atoms with Crippen LogP contribution in [0.25, 0.3) is 11.4 Å². The normalized spacial score (nSPS) is 11.1. The van der Waals surface area contributed by atoms with Crippen molar-refractivity contribution in [2.45, 2.75) is 26.4 Å². The minimum absolute atomic E-state index is 0.0220. The van der Waals surface area contributed by atoms with Gasteiger partial charge in [0, 0.05) is 12.4 Å². The van der Waals surface area contributed by atoms with Crippen LogP contribution in [-0.2, 0) is 0 Å². The maximum absolute atomic E-state index is 12.0. The van der Waals surface area contributed by atoms with Gasteiger partial charge in [-0.1, -0.05) is 13.8 Å². The number of halogens is 2. The predicted octanol–water partition coefficient (Wildman–Crippen LogP) is 3.26. The smallest absolute Gasteiger partial charge is 0.387 e. The molecule has 0 atom stereocenters. The van der Waals surface area contributed by atoms with Gasteiger partial charge in [0.05, 0.1) is 17.6 Å². The highest BCUT2D eigenvalue weighted by Gasteiger charge is 2.12. The Balaban J connectivity index is 2.32. The van der Waals surface area contributed by atoms with Crippen molar-refractivity contribution >= 4 is 0 Å². The lowest BCUT2D eigenvalue weighted by Crippen LogP contribution is -2.03. The number of hydrogen-bond donors (Lipinski definition) is 0. The largest absolute Gasteiger partial charge is 0.433 e. The summed E-state index contributed by atoms with van der Waals surface area (Å²) in [5.41, 5.74) is 2.05. The first kappa shape index (κ1) is 13.3. The van der Waals surface area contributed by atoms with Crippen molar-refractivity contribution in [2.24, 2.45) is 0 Å².